The predicted octanol–water partition coefficient (Wildman–Crippen LogP) is 3.15. The van der Waals surface area contributed by atoms with Gasteiger partial charge in [-0.1, -0.05) is 30.3 Å². The molecule has 0 radical (unpaired) electrons. The molecule has 0 saturated carbocycles. The van der Waals surface area contributed by atoms with Gasteiger partial charge in [0.25, 0.3) is 5.91 Å². The van der Waals surface area contributed by atoms with Gasteiger partial charge < -0.3 is 18.9 Å². The van der Waals surface area contributed by atoms with Gasteiger partial charge in [-0.2, -0.15) is 5.10 Å². The largest absolute Gasteiger partial charge is 0.493 e. The average Bonchev–Trinajstić information content (AvgIpc) is 2.76. The van der Waals surface area contributed by atoms with Crippen LogP contribution < -0.4 is 24.4 Å². The van der Waals surface area contributed by atoms with Crippen LogP contribution in [0.3, 0.4) is 0 Å². The van der Waals surface area contributed by atoms with Crippen LogP contribution >= 0.6 is 0 Å². The van der Waals surface area contributed by atoms with E-state index < -0.39 is 12.0 Å². The Morgan fingerprint density at radius 1 is 1.07 bits per heavy atom. The molecule has 1 amide bonds. The summed E-state index contributed by atoms with van der Waals surface area (Å²) >= 11 is 0. The van der Waals surface area contributed by atoms with E-state index in [1.807, 2.05) is 42.5 Å². The summed E-state index contributed by atoms with van der Waals surface area (Å²) in [7, 11) is 3.10. The van der Waals surface area contributed by atoms with Gasteiger partial charge in [0.2, 0.25) is 6.10 Å². The van der Waals surface area contributed by atoms with Crippen molar-refractivity contribution < 1.29 is 23.7 Å². The van der Waals surface area contributed by atoms with E-state index in [0.717, 1.165) is 10.8 Å². The lowest BCUT2D eigenvalue weighted by atomic mass is 10.1. The summed E-state index contributed by atoms with van der Waals surface area (Å²) in [5, 5.41) is 6.07. The molecule has 1 N–H and O–H groups in total. The molecule has 0 aromatic heterocycles. The SMILES string of the molecule is COc1cccc(/C=N\NC(=O)[C@H]2COc3cc4ccccc4cc3O2)c1OC. The van der Waals surface area contributed by atoms with Crippen molar-refractivity contribution in [3.8, 4) is 23.0 Å². The minimum atomic E-state index is -0.798. The van der Waals surface area contributed by atoms with E-state index in [2.05, 4.69) is 10.5 Å². The highest BCUT2D eigenvalue weighted by Crippen LogP contribution is 2.36. The van der Waals surface area contributed by atoms with Crippen LogP contribution in [-0.4, -0.2) is 39.1 Å². The minimum absolute atomic E-state index is 0.106. The third kappa shape index (κ3) is 3.80. The van der Waals surface area contributed by atoms with Gasteiger partial charge in [0.15, 0.2) is 23.0 Å². The number of hydrogen-bond donors (Lipinski definition) is 1. The molecule has 0 fully saturated rings. The van der Waals surface area contributed by atoms with Gasteiger partial charge in [-0.15, -0.1) is 0 Å². The van der Waals surface area contributed by atoms with Crippen molar-refractivity contribution in [2.45, 2.75) is 6.10 Å². The van der Waals surface area contributed by atoms with Crippen molar-refractivity contribution in [2.75, 3.05) is 20.8 Å². The van der Waals surface area contributed by atoms with Gasteiger partial charge >= 0.3 is 0 Å². The zero-order valence-electron chi connectivity index (χ0n) is 16.0. The Morgan fingerprint density at radius 3 is 2.55 bits per heavy atom. The lowest BCUT2D eigenvalue weighted by Crippen LogP contribution is -2.42. The number of nitrogens with zero attached hydrogens (tertiary/aromatic N) is 1. The van der Waals surface area contributed by atoms with Crippen molar-refractivity contribution in [1.29, 1.82) is 0 Å². The first-order valence-electron chi connectivity index (χ1n) is 9.05. The number of rotatable bonds is 5. The second-order valence-corrected chi connectivity index (χ2v) is 6.38. The van der Waals surface area contributed by atoms with Crippen LogP contribution in [0.4, 0.5) is 0 Å². The van der Waals surface area contributed by atoms with Crippen LogP contribution in [0.15, 0.2) is 59.7 Å². The van der Waals surface area contributed by atoms with E-state index in [-0.39, 0.29) is 6.61 Å². The lowest BCUT2D eigenvalue weighted by molar-refractivity contribution is -0.130. The van der Waals surface area contributed by atoms with E-state index in [1.54, 1.807) is 26.4 Å². The highest BCUT2D eigenvalue weighted by atomic mass is 16.6. The van der Waals surface area contributed by atoms with Crippen LogP contribution in [0.5, 0.6) is 23.0 Å². The lowest BCUT2D eigenvalue weighted by Gasteiger charge is -2.25. The highest BCUT2D eigenvalue weighted by Gasteiger charge is 2.27. The molecule has 1 atom stereocenters. The van der Waals surface area contributed by atoms with Gasteiger partial charge in [0, 0.05) is 5.56 Å². The fourth-order valence-corrected chi connectivity index (χ4v) is 3.14. The Bertz CT molecular complexity index is 1080. The number of methoxy groups -OCH3 is 2. The maximum absolute atomic E-state index is 12.5. The molecule has 0 spiro atoms. The summed E-state index contributed by atoms with van der Waals surface area (Å²) in [5.41, 5.74) is 3.16. The number of carbonyl (C=O) groups is 1. The number of benzene rings is 3. The monoisotopic (exact) mass is 392 g/mol. The maximum Gasteiger partial charge on any atom is 0.284 e. The first-order valence-corrected chi connectivity index (χ1v) is 9.05. The molecule has 1 aliphatic heterocycles. The third-order valence-electron chi connectivity index (χ3n) is 4.58. The summed E-state index contributed by atoms with van der Waals surface area (Å²) in [6.07, 6.45) is 0.692. The van der Waals surface area contributed by atoms with Gasteiger partial charge in [0.05, 0.1) is 20.4 Å². The molecule has 29 heavy (non-hydrogen) atoms. The average molecular weight is 392 g/mol. The van der Waals surface area contributed by atoms with E-state index in [1.165, 1.54) is 6.21 Å². The zero-order valence-corrected chi connectivity index (χ0v) is 16.0. The first-order chi connectivity index (χ1) is 14.2. The molecule has 0 unspecified atom stereocenters. The summed E-state index contributed by atoms with van der Waals surface area (Å²) < 4.78 is 22.1. The van der Waals surface area contributed by atoms with Crippen molar-refractivity contribution >= 4 is 22.9 Å². The summed E-state index contributed by atoms with van der Waals surface area (Å²) in [6.45, 7) is 0.106. The van der Waals surface area contributed by atoms with Gasteiger partial charge in [0.1, 0.15) is 6.61 Å². The van der Waals surface area contributed by atoms with E-state index in [4.69, 9.17) is 18.9 Å². The first kappa shape index (κ1) is 18.6. The minimum Gasteiger partial charge on any atom is -0.493 e. The molecular weight excluding hydrogens is 372 g/mol. The predicted molar refractivity (Wildman–Crippen MR) is 109 cm³/mol. The molecule has 3 aromatic rings. The van der Waals surface area contributed by atoms with Crippen LogP contribution in [0.1, 0.15) is 5.56 Å². The highest BCUT2D eigenvalue weighted by molar-refractivity contribution is 5.89. The van der Waals surface area contributed by atoms with Crippen LogP contribution in [0.25, 0.3) is 10.8 Å². The van der Waals surface area contributed by atoms with Gasteiger partial charge in [-0.3, -0.25) is 4.79 Å². The normalized spacial score (nSPS) is 15.3. The molecular formula is C22H20N2O5. The topological polar surface area (TPSA) is 78.4 Å². The van der Waals surface area contributed by atoms with E-state index in [9.17, 15) is 4.79 Å². The summed E-state index contributed by atoms with van der Waals surface area (Å²) in [4.78, 5) is 12.5. The maximum atomic E-state index is 12.5. The fourth-order valence-electron chi connectivity index (χ4n) is 3.14. The van der Waals surface area contributed by atoms with E-state index >= 15 is 0 Å². The van der Waals surface area contributed by atoms with Crippen molar-refractivity contribution in [3.63, 3.8) is 0 Å². The van der Waals surface area contributed by atoms with Crippen LogP contribution in [-0.2, 0) is 4.79 Å². The number of ether oxygens (including phenoxy) is 4. The molecule has 3 aromatic carbocycles. The molecule has 0 bridgehead atoms. The Labute approximate surface area is 167 Å². The number of amides is 1. The fraction of sp³-hybridized carbons (Fsp3) is 0.182. The number of hydrogen-bond acceptors (Lipinski definition) is 6. The van der Waals surface area contributed by atoms with E-state index in [0.29, 0.717) is 28.6 Å². The molecule has 7 heteroatoms. The number of nitrogens with one attached hydrogen (secondary N) is 1. The molecule has 7 nitrogen and oxygen atoms in total. The van der Waals surface area contributed by atoms with Crippen molar-refractivity contribution in [1.82, 2.24) is 5.43 Å². The Balaban J connectivity index is 1.45. The third-order valence-corrected chi connectivity index (χ3v) is 4.58. The standard InChI is InChI=1S/C22H20N2O5/c1-26-17-9-5-8-16(21(17)27-2)12-23-24-22(25)20-13-28-18-10-14-6-3-4-7-15(14)11-19(18)29-20/h3-12,20H,13H2,1-2H3,(H,24,25)/b23-12-/t20-/m1/s1. The van der Waals surface area contributed by atoms with Gasteiger partial charge in [-0.25, -0.2) is 5.43 Å². The smallest absolute Gasteiger partial charge is 0.284 e. The summed E-state index contributed by atoms with van der Waals surface area (Å²) in [6, 6.07) is 17.1. The second kappa shape index (κ2) is 8.10. The van der Waals surface area contributed by atoms with Crippen molar-refractivity contribution in [3.05, 3.63) is 60.2 Å². The molecule has 1 heterocycles. The van der Waals surface area contributed by atoms with Crippen molar-refractivity contribution in [2.24, 2.45) is 5.10 Å². The molecule has 1 aliphatic rings. The Morgan fingerprint density at radius 2 is 1.83 bits per heavy atom. The number of carbonyl (C=O) groups excluding carboxylic acids is 1. The van der Waals surface area contributed by atoms with Gasteiger partial charge in [-0.05, 0) is 35.0 Å². The van der Waals surface area contributed by atoms with Crippen LogP contribution in [0, 0.1) is 0 Å². The second-order valence-electron chi connectivity index (χ2n) is 6.38. The Hall–Kier alpha value is -3.74. The molecule has 4 rings (SSSR count). The number of para-hydroxylation sites is 1. The zero-order chi connectivity index (χ0) is 20.2. The number of hydrazone groups is 1. The summed E-state index contributed by atoms with van der Waals surface area (Å²) in [5.74, 6) is 1.87. The molecule has 0 saturated heterocycles. The number of fused-ring (bicyclic) bond motifs is 2. The van der Waals surface area contributed by atoms with Crippen LogP contribution in [0.2, 0.25) is 0 Å². The Kier molecular flexibility index (Phi) is 5.20. The molecule has 0 aliphatic carbocycles. The molecule has 148 valence electrons. The quantitative estimate of drug-likeness (QED) is 0.533.